The second-order valence-corrected chi connectivity index (χ2v) is 6.66. The van der Waals surface area contributed by atoms with Crippen molar-refractivity contribution in [1.82, 2.24) is 20.0 Å². The molecule has 3 aliphatic rings. The summed E-state index contributed by atoms with van der Waals surface area (Å²) in [7, 11) is 0. The minimum Gasteiger partial charge on any atom is -0.450 e. The topological polar surface area (TPSA) is 65.1 Å². The van der Waals surface area contributed by atoms with Gasteiger partial charge >= 0.3 is 12.1 Å². The van der Waals surface area contributed by atoms with Crippen LogP contribution in [0.2, 0.25) is 0 Å². The van der Waals surface area contributed by atoms with Gasteiger partial charge in [0.1, 0.15) is 0 Å². The molecule has 1 saturated carbocycles. The molecule has 3 rings (SSSR count). The van der Waals surface area contributed by atoms with Crippen molar-refractivity contribution in [2.45, 2.75) is 44.7 Å². The van der Waals surface area contributed by atoms with E-state index < -0.39 is 0 Å². The Morgan fingerprint density at radius 2 is 1.61 bits per heavy atom. The molecule has 0 radical (unpaired) electrons. The number of piperazine rings is 1. The predicted octanol–water partition coefficient (Wildman–Crippen LogP) is 1.10. The lowest BCUT2D eigenvalue weighted by molar-refractivity contribution is 0.0568. The molecule has 2 aliphatic heterocycles. The third kappa shape index (κ3) is 4.28. The van der Waals surface area contributed by atoms with Gasteiger partial charge in [-0.3, -0.25) is 4.90 Å². The van der Waals surface area contributed by atoms with Gasteiger partial charge in [-0.05, 0) is 32.6 Å². The van der Waals surface area contributed by atoms with Crippen LogP contribution in [-0.2, 0) is 4.74 Å². The summed E-state index contributed by atoms with van der Waals surface area (Å²) in [5.41, 5.74) is 0. The third-order valence-corrected chi connectivity index (χ3v) is 5.01. The minimum absolute atomic E-state index is 0.101. The summed E-state index contributed by atoms with van der Waals surface area (Å²) in [5, 5.41) is 3.06. The lowest BCUT2D eigenvalue weighted by atomic mass is 10.0. The van der Waals surface area contributed by atoms with Crippen LogP contribution in [0.4, 0.5) is 9.59 Å². The first-order chi connectivity index (χ1) is 11.2. The zero-order chi connectivity index (χ0) is 16.2. The minimum atomic E-state index is -0.187. The average molecular weight is 324 g/mol. The van der Waals surface area contributed by atoms with E-state index in [2.05, 4.69) is 10.2 Å². The molecule has 3 fully saturated rings. The van der Waals surface area contributed by atoms with Crippen molar-refractivity contribution in [3.63, 3.8) is 0 Å². The van der Waals surface area contributed by atoms with Crippen molar-refractivity contribution < 1.29 is 14.3 Å². The van der Waals surface area contributed by atoms with Gasteiger partial charge in [0.05, 0.1) is 6.61 Å². The number of urea groups is 1. The van der Waals surface area contributed by atoms with Crippen LogP contribution in [0.5, 0.6) is 0 Å². The highest BCUT2D eigenvalue weighted by atomic mass is 16.6. The Morgan fingerprint density at radius 1 is 0.957 bits per heavy atom. The molecule has 2 saturated heterocycles. The van der Waals surface area contributed by atoms with Gasteiger partial charge in [-0.2, -0.15) is 0 Å². The lowest BCUT2D eigenvalue weighted by Crippen LogP contribution is -2.56. The molecular weight excluding hydrogens is 296 g/mol. The Hall–Kier alpha value is -1.50. The monoisotopic (exact) mass is 324 g/mol. The summed E-state index contributed by atoms with van der Waals surface area (Å²) in [4.78, 5) is 30.0. The van der Waals surface area contributed by atoms with Gasteiger partial charge in [-0.1, -0.05) is 0 Å². The van der Waals surface area contributed by atoms with Crippen molar-refractivity contribution in [2.24, 2.45) is 0 Å². The Bertz CT molecular complexity index is 425. The summed E-state index contributed by atoms with van der Waals surface area (Å²) < 4.78 is 5.06. The molecule has 3 amide bonds. The van der Waals surface area contributed by atoms with E-state index in [1.54, 1.807) is 4.90 Å². The maximum Gasteiger partial charge on any atom is 0.409 e. The van der Waals surface area contributed by atoms with Gasteiger partial charge in [0.25, 0.3) is 0 Å². The molecular formula is C16H28N4O3. The normalized spacial score (nSPS) is 23.7. The largest absolute Gasteiger partial charge is 0.450 e. The third-order valence-electron chi connectivity index (χ3n) is 5.01. The SMILES string of the molecule is CCOC(=O)N1CCC(N2CCN(C(=O)NC3CC3)CC2)CC1. The number of piperidine rings is 1. The Morgan fingerprint density at radius 3 is 2.17 bits per heavy atom. The molecule has 0 aromatic carbocycles. The lowest BCUT2D eigenvalue weighted by Gasteiger charge is -2.42. The van der Waals surface area contributed by atoms with E-state index in [9.17, 15) is 9.59 Å². The van der Waals surface area contributed by atoms with Crippen LogP contribution in [0, 0.1) is 0 Å². The Labute approximate surface area is 137 Å². The highest BCUT2D eigenvalue weighted by Crippen LogP contribution is 2.21. The van der Waals surface area contributed by atoms with Crippen LogP contribution in [-0.4, -0.2) is 84.8 Å². The van der Waals surface area contributed by atoms with Crippen LogP contribution in [0.3, 0.4) is 0 Å². The second kappa shape index (κ2) is 7.38. The fourth-order valence-corrected chi connectivity index (χ4v) is 3.41. The molecule has 0 aromatic heterocycles. The Balaban J connectivity index is 1.38. The first-order valence-electron chi connectivity index (χ1n) is 8.88. The van der Waals surface area contributed by atoms with E-state index in [-0.39, 0.29) is 12.1 Å². The van der Waals surface area contributed by atoms with Crippen molar-refractivity contribution in [2.75, 3.05) is 45.9 Å². The molecule has 1 aliphatic carbocycles. The highest BCUT2D eigenvalue weighted by Gasteiger charge is 2.32. The number of hydrogen-bond donors (Lipinski definition) is 1. The maximum atomic E-state index is 12.0. The number of nitrogens with one attached hydrogen (secondary N) is 1. The van der Waals surface area contributed by atoms with Crippen molar-refractivity contribution in [3.8, 4) is 0 Å². The van der Waals surface area contributed by atoms with Crippen molar-refractivity contribution in [3.05, 3.63) is 0 Å². The summed E-state index contributed by atoms with van der Waals surface area (Å²) in [5.74, 6) is 0. The van der Waals surface area contributed by atoms with Crippen LogP contribution in [0.1, 0.15) is 32.6 Å². The van der Waals surface area contributed by atoms with E-state index in [0.717, 1.165) is 65.0 Å². The molecule has 7 nitrogen and oxygen atoms in total. The first kappa shape index (κ1) is 16.4. The summed E-state index contributed by atoms with van der Waals surface area (Å²) in [6, 6.07) is 1.05. The van der Waals surface area contributed by atoms with Gasteiger partial charge in [0, 0.05) is 51.4 Å². The van der Waals surface area contributed by atoms with Gasteiger partial charge in [0.2, 0.25) is 0 Å². The molecule has 7 heteroatoms. The fraction of sp³-hybridized carbons (Fsp3) is 0.875. The van der Waals surface area contributed by atoms with Gasteiger partial charge in [-0.25, -0.2) is 9.59 Å². The van der Waals surface area contributed by atoms with Crippen molar-refractivity contribution >= 4 is 12.1 Å². The standard InChI is InChI=1S/C16H28N4O3/c1-2-23-16(22)20-7-5-14(6-8-20)18-9-11-19(12-10-18)15(21)17-13-3-4-13/h13-14H,2-12H2,1H3,(H,17,21). The number of ether oxygens (including phenoxy) is 1. The Kier molecular flexibility index (Phi) is 5.25. The van der Waals surface area contributed by atoms with E-state index in [4.69, 9.17) is 4.74 Å². The number of carbonyl (C=O) groups excluding carboxylic acids is 2. The van der Waals surface area contributed by atoms with E-state index >= 15 is 0 Å². The number of likely N-dealkylation sites (tertiary alicyclic amines) is 1. The molecule has 0 spiro atoms. The predicted molar refractivity (Wildman–Crippen MR) is 86.3 cm³/mol. The molecule has 2 heterocycles. The summed E-state index contributed by atoms with van der Waals surface area (Å²) in [6.45, 7) is 7.28. The first-order valence-corrected chi connectivity index (χ1v) is 8.88. The molecule has 0 atom stereocenters. The average Bonchev–Trinajstić information content (AvgIpc) is 3.39. The zero-order valence-corrected chi connectivity index (χ0v) is 14.0. The van der Waals surface area contributed by atoms with Crippen LogP contribution >= 0.6 is 0 Å². The van der Waals surface area contributed by atoms with E-state index in [0.29, 0.717) is 18.7 Å². The van der Waals surface area contributed by atoms with E-state index in [1.165, 1.54) is 0 Å². The van der Waals surface area contributed by atoms with Crippen molar-refractivity contribution in [1.29, 1.82) is 0 Å². The number of hydrogen-bond acceptors (Lipinski definition) is 4. The van der Waals surface area contributed by atoms with Crippen LogP contribution < -0.4 is 5.32 Å². The number of amides is 3. The van der Waals surface area contributed by atoms with Gasteiger partial charge < -0.3 is 19.9 Å². The van der Waals surface area contributed by atoms with Gasteiger partial charge in [-0.15, -0.1) is 0 Å². The molecule has 130 valence electrons. The smallest absolute Gasteiger partial charge is 0.409 e. The van der Waals surface area contributed by atoms with Crippen LogP contribution in [0.25, 0.3) is 0 Å². The molecule has 0 bridgehead atoms. The summed E-state index contributed by atoms with van der Waals surface area (Å²) >= 11 is 0. The van der Waals surface area contributed by atoms with Crippen LogP contribution in [0.15, 0.2) is 0 Å². The van der Waals surface area contributed by atoms with Gasteiger partial charge in [0.15, 0.2) is 0 Å². The number of nitrogens with zero attached hydrogens (tertiary/aromatic N) is 3. The number of rotatable bonds is 3. The molecule has 23 heavy (non-hydrogen) atoms. The fourth-order valence-electron chi connectivity index (χ4n) is 3.41. The molecule has 0 aromatic rings. The highest BCUT2D eigenvalue weighted by molar-refractivity contribution is 5.75. The molecule has 1 N–H and O–H groups in total. The number of carbonyl (C=O) groups is 2. The molecule has 0 unspecified atom stereocenters. The summed E-state index contributed by atoms with van der Waals surface area (Å²) in [6.07, 6.45) is 4.06. The second-order valence-electron chi connectivity index (χ2n) is 6.66. The van der Waals surface area contributed by atoms with E-state index in [1.807, 2.05) is 11.8 Å². The maximum absolute atomic E-state index is 12.0. The quantitative estimate of drug-likeness (QED) is 0.844. The zero-order valence-electron chi connectivity index (χ0n) is 14.0.